The largest absolute Gasteiger partial charge is 0.469 e. The van der Waals surface area contributed by atoms with Crippen LogP contribution in [-0.4, -0.2) is 62.0 Å². The highest BCUT2D eigenvalue weighted by atomic mass is 16.5. The van der Waals surface area contributed by atoms with Crippen LogP contribution in [0.25, 0.3) is 0 Å². The number of hydrogen-bond donors (Lipinski definition) is 1. The Morgan fingerprint density at radius 1 is 1.25 bits per heavy atom. The van der Waals surface area contributed by atoms with E-state index in [2.05, 4.69) is 35.9 Å². The van der Waals surface area contributed by atoms with Crippen LogP contribution in [0, 0.1) is 0 Å². The zero-order valence-corrected chi connectivity index (χ0v) is 15.6. The maximum Gasteiger partial charge on any atom is 0.308 e. The molecule has 1 rings (SSSR count). The summed E-state index contributed by atoms with van der Waals surface area (Å²) in [5, 5.41) is 10.2. The van der Waals surface area contributed by atoms with Crippen LogP contribution in [0.2, 0.25) is 0 Å². The topological polar surface area (TPSA) is 59.0 Å². The van der Waals surface area contributed by atoms with Gasteiger partial charge in [-0.25, -0.2) is 0 Å². The first kappa shape index (κ1) is 21.1. The number of methoxy groups -OCH3 is 1. The van der Waals surface area contributed by atoms with Crippen molar-refractivity contribution in [3.05, 3.63) is 12.2 Å². The predicted molar refractivity (Wildman–Crippen MR) is 95.9 cm³/mol. The van der Waals surface area contributed by atoms with Gasteiger partial charge < -0.3 is 19.5 Å². The molecular weight excluding hydrogens is 306 g/mol. The Morgan fingerprint density at radius 2 is 2.00 bits per heavy atom. The van der Waals surface area contributed by atoms with Crippen LogP contribution in [0.15, 0.2) is 12.2 Å². The molecule has 5 heteroatoms. The van der Waals surface area contributed by atoms with E-state index in [1.807, 2.05) is 0 Å². The van der Waals surface area contributed by atoms with Crippen LogP contribution >= 0.6 is 0 Å². The molecule has 0 bridgehead atoms. The minimum atomic E-state index is -0.447. The van der Waals surface area contributed by atoms with Crippen LogP contribution in [0.3, 0.4) is 0 Å². The van der Waals surface area contributed by atoms with Gasteiger partial charge in [0.05, 0.1) is 31.8 Å². The first-order valence-corrected chi connectivity index (χ1v) is 9.23. The van der Waals surface area contributed by atoms with Gasteiger partial charge in [0, 0.05) is 0 Å². The normalized spacial score (nSPS) is 22.4. The Labute approximate surface area is 147 Å². The molecule has 1 fully saturated rings. The summed E-state index contributed by atoms with van der Waals surface area (Å²) >= 11 is 0. The number of rotatable bonds is 12. The van der Waals surface area contributed by atoms with E-state index >= 15 is 0 Å². The summed E-state index contributed by atoms with van der Waals surface area (Å²) in [6, 6.07) is 0. The average molecular weight is 341 g/mol. The van der Waals surface area contributed by atoms with Crippen molar-refractivity contribution in [2.75, 3.05) is 27.7 Å². The summed E-state index contributed by atoms with van der Waals surface area (Å²) in [5.41, 5.74) is 0. The SMILES string of the molecule is COC(=O)C[C@@H]1CC[C@H]([C@@H](O)CC/C=C\CCCCCN(C)C)O1. The Bertz CT molecular complexity index is 370. The monoisotopic (exact) mass is 341 g/mol. The lowest BCUT2D eigenvalue weighted by molar-refractivity contribution is -0.144. The maximum absolute atomic E-state index is 11.2. The molecule has 0 saturated carbocycles. The summed E-state index contributed by atoms with van der Waals surface area (Å²) in [7, 11) is 5.60. The molecule has 1 N–H and O–H groups in total. The lowest BCUT2D eigenvalue weighted by atomic mass is 10.0. The van der Waals surface area contributed by atoms with E-state index in [1.165, 1.54) is 26.4 Å². The predicted octanol–water partition coefficient (Wildman–Crippen LogP) is 2.92. The molecule has 0 aliphatic carbocycles. The quantitative estimate of drug-likeness (QED) is 0.336. The van der Waals surface area contributed by atoms with Crippen molar-refractivity contribution in [1.82, 2.24) is 4.90 Å². The third kappa shape index (κ3) is 9.40. The number of unbranched alkanes of at least 4 members (excludes halogenated alkanes) is 3. The van der Waals surface area contributed by atoms with E-state index in [-0.39, 0.29) is 24.6 Å². The minimum absolute atomic E-state index is 0.102. The number of aliphatic hydroxyl groups excluding tert-OH is 1. The van der Waals surface area contributed by atoms with Gasteiger partial charge in [-0.1, -0.05) is 18.6 Å². The van der Waals surface area contributed by atoms with Crippen LogP contribution < -0.4 is 0 Å². The van der Waals surface area contributed by atoms with Gasteiger partial charge in [-0.05, 0) is 65.6 Å². The zero-order chi connectivity index (χ0) is 17.8. The molecule has 0 unspecified atom stereocenters. The molecule has 0 amide bonds. The van der Waals surface area contributed by atoms with E-state index in [4.69, 9.17) is 4.74 Å². The Hall–Kier alpha value is -0.910. The molecule has 24 heavy (non-hydrogen) atoms. The van der Waals surface area contributed by atoms with Gasteiger partial charge in [-0.2, -0.15) is 0 Å². The second kappa shape index (κ2) is 12.5. The van der Waals surface area contributed by atoms with Crippen LogP contribution in [0.1, 0.15) is 57.8 Å². The highest BCUT2D eigenvalue weighted by molar-refractivity contribution is 5.69. The second-order valence-corrected chi connectivity index (χ2v) is 6.92. The van der Waals surface area contributed by atoms with Crippen molar-refractivity contribution < 1.29 is 19.4 Å². The fourth-order valence-electron chi connectivity index (χ4n) is 2.99. The van der Waals surface area contributed by atoms with Crippen molar-refractivity contribution in [1.29, 1.82) is 0 Å². The number of esters is 1. The lowest BCUT2D eigenvalue weighted by Gasteiger charge is -2.18. The highest BCUT2D eigenvalue weighted by Crippen LogP contribution is 2.26. The lowest BCUT2D eigenvalue weighted by Crippen LogP contribution is -2.27. The summed E-state index contributed by atoms with van der Waals surface area (Å²) in [5.74, 6) is -0.247. The van der Waals surface area contributed by atoms with Crippen molar-refractivity contribution in [3.63, 3.8) is 0 Å². The van der Waals surface area contributed by atoms with Gasteiger partial charge in [0.15, 0.2) is 0 Å². The van der Waals surface area contributed by atoms with E-state index in [0.29, 0.717) is 6.42 Å². The van der Waals surface area contributed by atoms with Gasteiger partial charge in [-0.3, -0.25) is 4.79 Å². The summed E-state index contributed by atoms with van der Waals surface area (Å²) < 4.78 is 10.4. The molecule has 1 aliphatic heterocycles. The molecule has 0 aromatic rings. The minimum Gasteiger partial charge on any atom is -0.469 e. The van der Waals surface area contributed by atoms with Crippen LogP contribution in [0.5, 0.6) is 0 Å². The van der Waals surface area contributed by atoms with E-state index < -0.39 is 6.10 Å². The molecule has 0 radical (unpaired) electrons. The molecule has 1 aliphatic rings. The van der Waals surface area contributed by atoms with Crippen molar-refractivity contribution >= 4 is 5.97 Å². The number of allylic oxidation sites excluding steroid dienone is 2. The summed E-state index contributed by atoms with van der Waals surface area (Å²) in [6.45, 7) is 1.16. The van der Waals surface area contributed by atoms with Crippen molar-refractivity contribution in [3.8, 4) is 0 Å². The van der Waals surface area contributed by atoms with Crippen LogP contribution in [0.4, 0.5) is 0 Å². The Morgan fingerprint density at radius 3 is 2.71 bits per heavy atom. The molecule has 0 aromatic heterocycles. The van der Waals surface area contributed by atoms with Gasteiger partial charge in [-0.15, -0.1) is 0 Å². The molecule has 1 heterocycles. The molecule has 5 nitrogen and oxygen atoms in total. The fraction of sp³-hybridized carbons (Fsp3) is 0.842. The maximum atomic E-state index is 11.2. The summed E-state index contributed by atoms with van der Waals surface area (Å²) in [6.07, 6.45) is 12.1. The van der Waals surface area contributed by atoms with Crippen LogP contribution in [-0.2, 0) is 14.3 Å². The number of ether oxygens (including phenoxy) is 2. The van der Waals surface area contributed by atoms with E-state index in [9.17, 15) is 9.90 Å². The van der Waals surface area contributed by atoms with E-state index in [1.54, 1.807) is 0 Å². The second-order valence-electron chi connectivity index (χ2n) is 6.92. The highest BCUT2D eigenvalue weighted by Gasteiger charge is 2.31. The number of aliphatic hydroxyl groups is 1. The number of carbonyl (C=O) groups is 1. The molecule has 1 saturated heterocycles. The van der Waals surface area contributed by atoms with Gasteiger partial charge in [0.2, 0.25) is 0 Å². The molecule has 3 atom stereocenters. The third-order valence-corrected chi connectivity index (χ3v) is 4.46. The number of nitrogens with zero attached hydrogens (tertiary/aromatic N) is 1. The third-order valence-electron chi connectivity index (χ3n) is 4.46. The average Bonchev–Trinajstić information content (AvgIpc) is 3.01. The molecular formula is C19H35NO4. The van der Waals surface area contributed by atoms with Gasteiger partial charge in [0.25, 0.3) is 0 Å². The van der Waals surface area contributed by atoms with Gasteiger partial charge >= 0.3 is 5.97 Å². The van der Waals surface area contributed by atoms with E-state index in [0.717, 1.165) is 32.2 Å². The Balaban J connectivity index is 2.04. The summed E-state index contributed by atoms with van der Waals surface area (Å²) in [4.78, 5) is 13.5. The smallest absolute Gasteiger partial charge is 0.308 e. The number of carbonyl (C=O) groups excluding carboxylic acids is 1. The molecule has 140 valence electrons. The molecule has 0 aromatic carbocycles. The van der Waals surface area contributed by atoms with Crippen molar-refractivity contribution in [2.45, 2.75) is 76.1 Å². The molecule has 0 spiro atoms. The zero-order valence-electron chi connectivity index (χ0n) is 15.6. The fourth-order valence-corrected chi connectivity index (χ4v) is 2.99. The van der Waals surface area contributed by atoms with Gasteiger partial charge in [0.1, 0.15) is 0 Å². The first-order chi connectivity index (χ1) is 11.5. The first-order valence-electron chi connectivity index (χ1n) is 9.23. The Kier molecular flexibility index (Phi) is 11.0. The number of hydrogen-bond acceptors (Lipinski definition) is 5. The standard InChI is InChI=1S/C19H35NO4/c1-20(2)14-10-8-6-4-5-7-9-11-17(21)18-13-12-16(24-18)15-19(22)23-3/h5,7,16-18,21H,4,6,8-15H2,1-3H3/b7-5-/t16-,17-,18+/m0/s1. The van der Waals surface area contributed by atoms with Crippen molar-refractivity contribution in [2.24, 2.45) is 0 Å².